The van der Waals surface area contributed by atoms with E-state index in [-0.39, 0.29) is 18.6 Å². The fraction of sp³-hybridized carbons (Fsp3) is 0.562. The number of rotatable bonds is 5. The van der Waals surface area contributed by atoms with Gasteiger partial charge in [0.1, 0.15) is 5.75 Å². The number of carbonyl (C=O) groups is 1. The van der Waals surface area contributed by atoms with Crippen LogP contribution in [0.3, 0.4) is 0 Å². The summed E-state index contributed by atoms with van der Waals surface area (Å²) in [6.07, 6.45) is -0.591. The molecule has 0 aliphatic carbocycles. The van der Waals surface area contributed by atoms with Gasteiger partial charge in [-0.15, -0.1) is 0 Å². The number of amides is 1. The van der Waals surface area contributed by atoms with Gasteiger partial charge >= 0.3 is 0 Å². The lowest BCUT2D eigenvalue weighted by Crippen LogP contribution is -2.37. The summed E-state index contributed by atoms with van der Waals surface area (Å²) in [5.74, 6) is 0.700. The quantitative estimate of drug-likeness (QED) is 0.871. The predicted octanol–water partition coefficient (Wildman–Crippen LogP) is 2.67. The average Bonchev–Trinajstić information content (AvgIpc) is 2.34. The van der Waals surface area contributed by atoms with Crippen molar-refractivity contribution in [3.8, 4) is 5.75 Å². The minimum absolute atomic E-state index is 0.0729. The lowest BCUT2D eigenvalue weighted by atomic mass is 9.95. The minimum Gasteiger partial charge on any atom is -0.491 e. The first kappa shape index (κ1) is 16.5. The van der Waals surface area contributed by atoms with E-state index >= 15 is 0 Å². The molecule has 0 saturated carbocycles. The van der Waals surface area contributed by atoms with Crippen molar-refractivity contribution in [3.05, 3.63) is 29.8 Å². The Balaban J connectivity index is 2.55. The second kappa shape index (κ2) is 6.75. The molecule has 0 unspecified atom stereocenters. The molecule has 0 aliphatic rings. The van der Waals surface area contributed by atoms with Gasteiger partial charge in [0.2, 0.25) is 5.91 Å². The Kier molecular flexibility index (Phi) is 5.57. The molecule has 4 nitrogen and oxygen atoms in total. The van der Waals surface area contributed by atoms with Crippen LogP contribution in [-0.2, 0) is 4.79 Å². The van der Waals surface area contributed by atoms with Crippen LogP contribution in [0.1, 0.15) is 46.3 Å². The Labute approximate surface area is 121 Å². The predicted molar refractivity (Wildman–Crippen MR) is 79.6 cm³/mol. The van der Waals surface area contributed by atoms with Gasteiger partial charge in [0.25, 0.3) is 0 Å². The van der Waals surface area contributed by atoms with Crippen LogP contribution < -0.4 is 10.1 Å². The van der Waals surface area contributed by atoms with Crippen molar-refractivity contribution in [2.75, 3.05) is 6.54 Å². The summed E-state index contributed by atoms with van der Waals surface area (Å²) >= 11 is 0. The average molecular weight is 279 g/mol. The SMILES string of the molecule is CC(C)Oc1ccc([C@@H](O)CNC(=O)C(C)(C)C)cc1. The van der Waals surface area contributed by atoms with Crippen molar-refractivity contribution in [3.63, 3.8) is 0 Å². The Morgan fingerprint density at radius 2 is 1.80 bits per heavy atom. The topological polar surface area (TPSA) is 58.6 Å². The number of carbonyl (C=O) groups excluding carboxylic acids is 1. The lowest BCUT2D eigenvalue weighted by molar-refractivity contribution is -0.129. The fourth-order valence-corrected chi connectivity index (χ4v) is 1.61. The summed E-state index contributed by atoms with van der Waals surface area (Å²) in [4.78, 5) is 11.7. The van der Waals surface area contributed by atoms with Gasteiger partial charge in [0.15, 0.2) is 0 Å². The summed E-state index contributed by atoms with van der Waals surface area (Å²) < 4.78 is 5.54. The van der Waals surface area contributed by atoms with Gasteiger partial charge in [-0.1, -0.05) is 32.9 Å². The molecular formula is C16H25NO3. The molecule has 1 atom stereocenters. The van der Waals surface area contributed by atoms with Crippen molar-refractivity contribution in [2.24, 2.45) is 5.41 Å². The van der Waals surface area contributed by atoms with E-state index in [2.05, 4.69) is 5.32 Å². The molecule has 0 bridgehead atoms. The van der Waals surface area contributed by atoms with Crippen LogP contribution in [0, 0.1) is 5.41 Å². The highest BCUT2D eigenvalue weighted by molar-refractivity contribution is 5.81. The molecule has 0 aromatic heterocycles. The monoisotopic (exact) mass is 279 g/mol. The summed E-state index contributed by atoms with van der Waals surface area (Å²) in [6, 6.07) is 7.27. The largest absolute Gasteiger partial charge is 0.491 e. The zero-order chi connectivity index (χ0) is 15.3. The first-order chi connectivity index (χ1) is 9.20. The molecule has 0 fully saturated rings. The summed E-state index contributed by atoms with van der Waals surface area (Å²) in [5.41, 5.74) is 0.310. The van der Waals surface area contributed by atoms with Gasteiger partial charge in [-0.05, 0) is 31.5 Å². The highest BCUT2D eigenvalue weighted by Gasteiger charge is 2.21. The van der Waals surface area contributed by atoms with Crippen LogP contribution in [0.25, 0.3) is 0 Å². The van der Waals surface area contributed by atoms with E-state index in [0.29, 0.717) is 0 Å². The normalized spacial score (nSPS) is 13.2. The number of aliphatic hydroxyl groups is 1. The van der Waals surface area contributed by atoms with E-state index < -0.39 is 11.5 Å². The van der Waals surface area contributed by atoms with Crippen LogP contribution in [0.4, 0.5) is 0 Å². The molecule has 20 heavy (non-hydrogen) atoms. The van der Waals surface area contributed by atoms with Gasteiger partial charge in [-0.25, -0.2) is 0 Å². The Hall–Kier alpha value is -1.55. The van der Waals surface area contributed by atoms with Crippen LogP contribution >= 0.6 is 0 Å². The number of benzene rings is 1. The molecular weight excluding hydrogens is 254 g/mol. The number of hydrogen-bond acceptors (Lipinski definition) is 3. The van der Waals surface area contributed by atoms with E-state index in [1.165, 1.54) is 0 Å². The van der Waals surface area contributed by atoms with Gasteiger partial charge in [0, 0.05) is 12.0 Å². The highest BCUT2D eigenvalue weighted by Crippen LogP contribution is 2.19. The second-order valence-electron chi connectivity index (χ2n) is 6.21. The van der Waals surface area contributed by atoms with E-state index in [1.54, 1.807) is 0 Å². The summed E-state index contributed by atoms with van der Waals surface area (Å²) in [6.45, 7) is 9.66. The van der Waals surface area contributed by atoms with E-state index in [0.717, 1.165) is 11.3 Å². The molecule has 4 heteroatoms. The third-order valence-electron chi connectivity index (χ3n) is 2.77. The molecule has 112 valence electrons. The zero-order valence-electron chi connectivity index (χ0n) is 12.9. The van der Waals surface area contributed by atoms with Crippen LogP contribution in [0.2, 0.25) is 0 Å². The Morgan fingerprint density at radius 1 is 1.25 bits per heavy atom. The van der Waals surface area contributed by atoms with Crippen molar-refractivity contribution in [1.82, 2.24) is 5.32 Å². The molecule has 1 amide bonds. The molecule has 1 rings (SSSR count). The number of aliphatic hydroxyl groups excluding tert-OH is 1. The first-order valence-corrected chi connectivity index (χ1v) is 6.93. The third kappa shape index (κ3) is 5.21. The second-order valence-corrected chi connectivity index (χ2v) is 6.21. The lowest BCUT2D eigenvalue weighted by Gasteiger charge is -2.20. The van der Waals surface area contributed by atoms with Crippen molar-refractivity contribution < 1.29 is 14.6 Å². The van der Waals surface area contributed by atoms with E-state index in [1.807, 2.05) is 58.9 Å². The smallest absolute Gasteiger partial charge is 0.225 e. The molecule has 0 aliphatic heterocycles. The van der Waals surface area contributed by atoms with Crippen LogP contribution in [-0.4, -0.2) is 23.7 Å². The van der Waals surface area contributed by atoms with Gasteiger partial charge in [-0.2, -0.15) is 0 Å². The Bertz CT molecular complexity index is 432. The molecule has 0 heterocycles. The molecule has 2 N–H and O–H groups in total. The van der Waals surface area contributed by atoms with Crippen molar-refractivity contribution >= 4 is 5.91 Å². The van der Waals surface area contributed by atoms with Gasteiger partial charge < -0.3 is 15.2 Å². The maximum absolute atomic E-state index is 11.7. The molecule has 0 spiro atoms. The van der Waals surface area contributed by atoms with Crippen LogP contribution in [0.5, 0.6) is 5.75 Å². The van der Waals surface area contributed by atoms with Crippen molar-refractivity contribution in [2.45, 2.75) is 46.8 Å². The number of ether oxygens (including phenoxy) is 1. The molecule has 0 radical (unpaired) electrons. The molecule has 1 aromatic carbocycles. The van der Waals surface area contributed by atoms with Crippen molar-refractivity contribution in [1.29, 1.82) is 0 Å². The van der Waals surface area contributed by atoms with E-state index in [4.69, 9.17) is 4.74 Å². The van der Waals surface area contributed by atoms with E-state index in [9.17, 15) is 9.90 Å². The zero-order valence-corrected chi connectivity index (χ0v) is 12.9. The maximum atomic E-state index is 11.7. The Morgan fingerprint density at radius 3 is 2.25 bits per heavy atom. The first-order valence-electron chi connectivity index (χ1n) is 6.93. The highest BCUT2D eigenvalue weighted by atomic mass is 16.5. The number of hydrogen-bond donors (Lipinski definition) is 2. The molecule has 0 saturated heterocycles. The third-order valence-corrected chi connectivity index (χ3v) is 2.77. The maximum Gasteiger partial charge on any atom is 0.225 e. The summed E-state index contributed by atoms with van der Waals surface area (Å²) in [5, 5.41) is 12.8. The fourth-order valence-electron chi connectivity index (χ4n) is 1.61. The molecule has 1 aromatic rings. The van der Waals surface area contributed by atoms with Gasteiger partial charge in [0.05, 0.1) is 12.2 Å². The summed E-state index contributed by atoms with van der Waals surface area (Å²) in [7, 11) is 0. The standard InChI is InChI=1S/C16H25NO3/c1-11(2)20-13-8-6-12(7-9-13)14(18)10-17-15(19)16(3,4)5/h6-9,11,14,18H,10H2,1-5H3,(H,17,19)/t14-/m0/s1. The number of nitrogens with one attached hydrogen (secondary N) is 1. The van der Waals surface area contributed by atoms with Crippen LogP contribution in [0.15, 0.2) is 24.3 Å². The van der Waals surface area contributed by atoms with Gasteiger partial charge in [-0.3, -0.25) is 4.79 Å². The minimum atomic E-state index is -0.714.